The van der Waals surface area contributed by atoms with E-state index in [1.807, 2.05) is 0 Å². The number of nitrogens with zero attached hydrogens (tertiary/aromatic N) is 1. The molecule has 0 amide bonds. The first-order chi connectivity index (χ1) is 9.24. The standard InChI is InChI=1S/C17H31NO/c1-3-18(4-2)17(13-9-10-14-17)16(19)15-11-7-5-6-8-12-15/h15H,3-14H2,1-2H3. The average Bonchev–Trinajstić information content (AvgIpc) is 2.76. The summed E-state index contributed by atoms with van der Waals surface area (Å²) in [5.41, 5.74) is -0.0848. The minimum atomic E-state index is -0.0848. The molecule has 0 spiro atoms. The number of ketones is 1. The van der Waals surface area contributed by atoms with Crippen LogP contribution in [0.1, 0.15) is 78.1 Å². The van der Waals surface area contributed by atoms with E-state index in [2.05, 4.69) is 18.7 Å². The Labute approximate surface area is 118 Å². The van der Waals surface area contributed by atoms with Gasteiger partial charge in [0.1, 0.15) is 0 Å². The van der Waals surface area contributed by atoms with E-state index in [0.717, 1.165) is 38.8 Å². The molecule has 2 fully saturated rings. The maximum atomic E-state index is 13.2. The highest BCUT2D eigenvalue weighted by Crippen LogP contribution is 2.40. The number of carbonyl (C=O) groups excluding carboxylic acids is 1. The Morgan fingerprint density at radius 3 is 1.95 bits per heavy atom. The molecule has 2 aliphatic rings. The molecule has 0 aromatic rings. The molecule has 2 nitrogen and oxygen atoms in total. The summed E-state index contributed by atoms with van der Waals surface area (Å²) >= 11 is 0. The number of likely N-dealkylation sites (N-methyl/N-ethyl adjacent to an activating group) is 1. The normalized spacial score (nSPS) is 24.6. The van der Waals surface area contributed by atoms with Gasteiger partial charge in [0, 0.05) is 5.92 Å². The first-order valence-electron chi connectivity index (χ1n) is 8.54. The van der Waals surface area contributed by atoms with Gasteiger partial charge in [-0.2, -0.15) is 0 Å². The van der Waals surface area contributed by atoms with Crippen molar-refractivity contribution in [3.63, 3.8) is 0 Å². The smallest absolute Gasteiger partial charge is 0.156 e. The molecule has 0 bridgehead atoms. The predicted octanol–water partition coefficient (Wildman–Crippen LogP) is 4.18. The molecule has 0 unspecified atom stereocenters. The Hall–Kier alpha value is -0.370. The fourth-order valence-corrected chi connectivity index (χ4v) is 4.43. The van der Waals surface area contributed by atoms with Crippen LogP contribution < -0.4 is 0 Å². The van der Waals surface area contributed by atoms with Crippen LogP contribution in [-0.4, -0.2) is 29.3 Å². The van der Waals surface area contributed by atoms with Gasteiger partial charge in [0.05, 0.1) is 5.54 Å². The Morgan fingerprint density at radius 2 is 1.47 bits per heavy atom. The average molecular weight is 265 g/mol. The fourth-order valence-electron chi connectivity index (χ4n) is 4.43. The minimum absolute atomic E-state index is 0.0848. The molecule has 2 saturated carbocycles. The van der Waals surface area contributed by atoms with Crippen LogP contribution in [0.3, 0.4) is 0 Å². The summed E-state index contributed by atoms with van der Waals surface area (Å²) in [5, 5.41) is 0. The van der Waals surface area contributed by atoms with Crippen molar-refractivity contribution in [3.8, 4) is 0 Å². The molecular formula is C17H31NO. The lowest BCUT2D eigenvalue weighted by molar-refractivity contribution is -0.135. The summed E-state index contributed by atoms with van der Waals surface area (Å²) in [6, 6.07) is 0. The number of hydrogen-bond donors (Lipinski definition) is 0. The summed E-state index contributed by atoms with van der Waals surface area (Å²) in [4.78, 5) is 15.7. The first kappa shape index (κ1) is 15.0. The Kier molecular flexibility index (Phi) is 5.44. The van der Waals surface area contributed by atoms with E-state index in [1.54, 1.807) is 0 Å². The molecule has 19 heavy (non-hydrogen) atoms. The lowest BCUT2D eigenvalue weighted by atomic mass is 9.79. The van der Waals surface area contributed by atoms with Crippen LogP contribution in [0.4, 0.5) is 0 Å². The molecule has 0 atom stereocenters. The topological polar surface area (TPSA) is 20.3 Å². The minimum Gasteiger partial charge on any atom is -0.297 e. The third-order valence-electron chi connectivity index (χ3n) is 5.48. The zero-order valence-electron chi connectivity index (χ0n) is 12.9. The van der Waals surface area contributed by atoms with Crippen molar-refractivity contribution in [1.82, 2.24) is 4.90 Å². The molecule has 2 aliphatic carbocycles. The van der Waals surface area contributed by atoms with Gasteiger partial charge in [-0.15, -0.1) is 0 Å². The molecule has 110 valence electrons. The molecule has 2 rings (SSSR count). The van der Waals surface area contributed by atoms with Crippen LogP contribution in [-0.2, 0) is 4.79 Å². The quantitative estimate of drug-likeness (QED) is 0.695. The van der Waals surface area contributed by atoms with E-state index in [1.165, 1.54) is 38.5 Å². The van der Waals surface area contributed by atoms with Crippen molar-refractivity contribution < 1.29 is 4.79 Å². The highest BCUT2D eigenvalue weighted by atomic mass is 16.1. The van der Waals surface area contributed by atoms with Crippen molar-refractivity contribution in [2.75, 3.05) is 13.1 Å². The molecule has 0 aromatic heterocycles. The second-order valence-corrected chi connectivity index (χ2v) is 6.46. The summed E-state index contributed by atoms with van der Waals surface area (Å²) in [6.45, 7) is 6.47. The van der Waals surface area contributed by atoms with Gasteiger partial charge in [0.2, 0.25) is 0 Å². The van der Waals surface area contributed by atoms with Gasteiger partial charge in [0.25, 0.3) is 0 Å². The van der Waals surface area contributed by atoms with Gasteiger partial charge >= 0.3 is 0 Å². The third kappa shape index (κ3) is 3.04. The highest BCUT2D eigenvalue weighted by molar-refractivity contribution is 5.90. The molecule has 0 aliphatic heterocycles. The van der Waals surface area contributed by atoms with E-state index in [-0.39, 0.29) is 5.54 Å². The van der Waals surface area contributed by atoms with Gasteiger partial charge in [-0.05, 0) is 38.8 Å². The molecular weight excluding hydrogens is 234 g/mol. The van der Waals surface area contributed by atoms with Crippen molar-refractivity contribution in [2.24, 2.45) is 5.92 Å². The predicted molar refractivity (Wildman–Crippen MR) is 80.3 cm³/mol. The van der Waals surface area contributed by atoms with Gasteiger partial charge in [0.15, 0.2) is 5.78 Å². The number of rotatable bonds is 5. The zero-order valence-corrected chi connectivity index (χ0v) is 12.9. The number of carbonyl (C=O) groups is 1. The second kappa shape index (κ2) is 6.88. The molecule has 0 saturated heterocycles. The van der Waals surface area contributed by atoms with Crippen LogP contribution in [0.5, 0.6) is 0 Å². The molecule has 0 radical (unpaired) electrons. The van der Waals surface area contributed by atoms with Crippen molar-refractivity contribution in [2.45, 2.75) is 83.6 Å². The summed E-state index contributed by atoms with van der Waals surface area (Å²) in [5.74, 6) is 0.969. The highest BCUT2D eigenvalue weighted by Gasteiger charge is 2.46. The van der Waals surface area contributed by atoms with Crippen LogP contribution in [0.25, 0.3) is 0 Å². The molecule has 0 heterocycles. The van der Waals surface area contributed by atoms with Gasteiger partial charge in [-0.1, -0.05) is 52.4 Å². The van der Waals surface area contributed by atoms with E-state index < -0.39 is 0 Å². The van der Waals surface area contributed by atoms with E-state index in [0.29, 0.717) is 11.7 Å². The van der Waals surface area contributed by atoms with Crippen LogP contribution in [0, 0.1) is 5.92 Å². The van der Waals surface area contributed by atoms with E-state index in [4.69, 9.17) is 0 Å². The van der Waals surface area contributed by atoms with E-state index >= 15 is 0 Å². The molecule has 2 heteroatoms. The third-order valence-corrected chi connectivity index (χ3v) is 5.48. The summed E-state index contributed by atoms with van der Waals surface area (Å²) < 4.78 is 0. The number of hydrogen-bond acceptors (Lipinski definition) is 2. The Morgan fingerprint density at radius 1 is 0.947 bits per heavy atom. The molecule has 0 N–H and O–H groups in total. The lowest BCUT2D eigenvalue weighted by Gasteiger charge is -2.41. The van der Waals surface area contributed by atoms with Crippen LogP contribution >= 0.6 is 0 Å². The van der Waals surface area contributed by atoms with E-state index in [9.17, 15) is 4.79 Å². The Bertz CT molecular complexity index is 282. The maximum absolute atomic E-state index is 13.2. The lowest BCUT2D eigenvalue weighted by Crippen LogP contribution is -2.54. The van der Waals surface area contributed by atoms with Crippen molar-refractivity contribution in [1.29, 1.82) is 0 Å². The van der Waals surface area contributed by atoms with Gasteiger partial charge in [-0.3, -0.25) is 9.69 Å². The largest absolute Gasteiger partial charge is 0.297 e. The van der Waals surface area contributed by atoms with Crippen LogP contribution in [0.2, 0.25) is 0 Å². The fraction of sp³-hybridized carbons (Fsp3) is 0.941. The van der Waals surface area contributed by atoms with Gasteiger partial charge < -0.3 is 0 Å². The second-order valence-electron chi connectivity index (χ2n) is 6.46. The van der Waals surface area contributed by atoms with Gasteiger partial charge in [-0.25, -0.2) is 0 Å². The van der Waals surface area contributed by atoms with Crippen molar-refractivity contribution in [3.05, 3.63) is 0 Å². The summed E-state index contributed by atoms with van der Waals surface area (Å²) in [7, 11) is 0. The SMILES string of the molecule is CCN(CC)C1(C(=O)C2CCCCCC2)CCCC1. The van der Waals surface area contributed by atoms with Crippen LogP contribution in [0.15, 0.2) is 0 Å². The zero-order chi connectivity index (χ0) is 13.7. The van der Waals surface area contributed by atoms with Crippen molar-refractivity contribution >= 4 is 5.78 Å². The monoisotopic (exact) mass is 265 g/mol. The maximum Gasteiger partial charge on any atom is 0.156 e. The molecule has 0 aromatic carbocycles. The summed E-state index contributed by atoms with van der Waals surface area (Å²) in [6.07, 6.45) is 12.2. The Balaban J connectivity index is 2.15. The number of Topliss-reactive ketones (excluding diaryl/α,β-unsaturated/α-hetero) is 1. The first-order valence-corrected chi connectivity index (χ1v) is 8.54.